The summed E-state index contributed by atoms with van der Waals surface area (Å²) in [6.45, 7) is 1.85. The Bertz CT molecular complexity index is 650. The minimum atomic E-state index is -0.370. The highest BCUT2D eigenvalue weighted by Gasteiger charge is 2.12. The second-order valence-corrected chi connectivity index (χ2v) is 4.33. The average Bonchev–Trinajstić information content (AvgIpc) is 2.48. The molecular weight excluding hydrogens is 254 g/mol. The Kier molecular flexibility index (Phi) is 4.15. The van der Waals surface area contributed by atoms with E-state index in [1.54, 1.807) is 12.1 Å². The molecule has 0 heterocycles. The third-order valence-electron chi connectivity index (χ3n) is 3.10. The van der Waals surface area contributed by atoms with E-state index in [2.05, 4.69) is 5.32 Å². The van der Waals surface area contributed by atoms with Gasteiger partial charge >= 0.3 is 5.97 Å². The van der Waals surface area contributed by atoms with Crippen molar-refractivity contribution in [3.63, 3.8) is 0 Å². The predicted octanol–water partition coefficient (Wildman–Crippen LogP) is 3.02. The zero-order valence-electron chi connectivity index (χ0n) is 11.3. The number of anilines is 1. The molecule has 1 amide bonds. The standard InChI is InChI=1S/C16H15NO3/c1-11-7-8-12(9-14(11)16(19)20-2)13-5-3-4-6-15(13)17-10-18/h3-10H,1-2H3,(H,17,18). The fourth-order valence-electron chi connectivity index (χ4n) is 2.04. The van der Waals surface area contributed by atoms with Crippen LogP contribution in [-0.4, -0.2) is 19.5 Å². The van der Waals surface area contributed by atoms with Gasteiger partial charge in [0.25, 0.3) is 0 Å². The van der Waals surface area contributed by atoms with E-state index < -0.39 is 0 Å². The predicted molar refractivity (Wildman–Crippen MR) is 77.6 cm³/mol. The lowest BCUT2D eigenvalue weighted by atomic mass is 9.98. The van der Waals surface area contributed by atoms with Crippen LogP contribution in [-0.2, 0) is 9.53 Å². The van der Waals surface area contributed by atoms with Gasteiger partial charge in [-0.3, -0.25) is 4.79 Å². The molecule has 0 spiro atoms. The molecule has 0 unspecified atom stereocenters. The number of benzene rings is 2. The van der Waals surface area contributed by atoms with Crippen LogP contribution in [0.25, 0.3) is 11.1 Å². The minimum absolute atomic E-state index is 0.370. The number of para-hydroxylation sites is 1. The van der Waals surface area contributed by atoms with Crippen LogP contribution in [0.5, 0.6) is 0 Å². The largest absolute Gasteiger partial charge is 0.465 e. The Balaban J connectivity index is 2.53. The van der Waals surface area contributed by atoms with Crippen LogP contribution >= 0.6 is 0 Å². The SMILES string of the molecule is COC(=O)c1cc(-c2ccccc2NC=O)ccc1C. The molecule has 102 valence electrons. The second kappa shape index (κ2) is 6.02. The summed E-state index contributed by atoms with van der Waals surface area (Å²) in [7, 11) is 1.36. The normalized spacial score (nSPS) is 9.90. The maximum Gasteiger partial charge on any atom is 0.338 e. The Labute approximate surface area is 117 Å². The molecule has 0 bridgehead atoms. The van der Waals surface area contributed by atoms with Gasteiger partial charge in [-0.1, -0.05) is 30.3 Å². The molecule has 2 aromatic carbocycles. The lowest BCUT2D eigenvalue weighted by Crippen LogP contribution is -2.04. The smallest absolute Gasteiger partial charge is 0.338 e. The summed E-state index contributed by atoms with van der Waals surface area (Å²) in [6, 6.07) is 12.9. The molecule has 0 aromatic heterocycles. The Hall–Kier alpha value is -2.62. The Morgan fingerprint density at radius 3 is 2.65 bits per heavy atom. The van der Waals surface area contributed by atoms with Crippen molar-refractivity contribution in [3.05, 3.63) is 53.6 Å². The lowest BCUT2D eigenvalue weighted by Gasteiger charge is -2.11. The highest BCUT2D eigenvalue weighted by atomic mass is 16.5. The highest BCUT2D eigenvalue weighted by Crippen LogP contribution is 2.29. The molecule has 0 aliphatic heterocycles. The Morgan fingerprint density at radius 2 is 1.95 bits per heavy atom. The van der Waals surface area contributed by atoms with Gasteiger partial charge in [-0.25, -0.2) is 4.79 Å². The number of hydrogen-bond acceptors (Lipinski definition) is 3. The van der Waals surface area contributed by atoms with E-state index in [1.807, 2.05) is 37.3 Å². The van der Waals surface area contributed by atoms with E-state index in [-0.39, 0.29) is 5.97 Å². The van der Waals surface area contributed by atoms with Crippen molar-refractivity contribution in [2.45, 2.75) is 6.92 Å². The van der Waals surface area contributed by atoms with Crippen molar-refractivity contribution in [3.8, 4) is 11.1 Å². The van der Waals surface area contributed by atoms with E-state index in [1.165, 1.54) is 7.11 Å². The third-order valence-corrected chi connectivity index (χ3v) is 3.10. The Morgan fingerprint density at radius 1 is 1.20 bits per heavy atom. The molecule has 20 heavy (non-hydrogen) atoms. The van der Waals surface area contributed by atoms with Crippen LogP contribution in [0.4, 0.5) is 5.69 Å². The first kappa shape index (κ1) is 13.8. The molecule has 0 fully saturated rings. The topological polar surface area (TPSA) is 55.4 Å². The van der Waals surface area contributed by atoms with Gasteiger partial charge in [0.2, 0.25) is 6.41 Å². The fourth-order valence-corrected chi connectivity index (χ4v) is 2.04. The number of carbonyl (C=O) groups is 2. The molecule has 0 atom stereocenters. The number of aryl methyl sites for hydroxylation is 1. The number of esters is 1. The molecule has 0 radical (unpaired) electrons. The summed E-state index contributed by atoms with van der Waals surface area (Å²) in [6.07, 6.45) is 0.633. The van der Waals surface area contributed by atoms with Gasteiger partial charge in [-0.2, -0.15) is 0 Å². The van der Waals surface area contributed by atoms with Crippen LogP contribution in [0.15, 0.2) is 42.5 Å². The van der Waals surface area contributed by atoms with E-state index >= 15 is 0 Å². The first-order chi connectivity index (χ1) is 9.67. The maximum absolute atomic E-state index is 11.7. The molecule has 0 aliphatic carbocycles. The van der Waals surface area contributed by atoms with Crippen LogP contribution in [0.3, 0.4) is 0 Å². The number of methoxy groups -OCH3 is 1. The zero-order valence-corrected chi connectivity index (χ0v) is 11.3. The number of ether oxygens (including phenoxy) is 1. The quantitative estimate of drug-likeness (QED) is 0.685. The van der Waals surface area contributed by atoms with Crippen molar-refractivity contribution >= 4 is 18.1 Å². The monoisotopic (exact) mass is 269 g/mol. The molecule has 4 nitrogen and oxygen atoms in total. The average molecular weight is 269 g/mol. The van der Waals surface area contributed by atoms with Gasteiger partial charge in [0.05, 0.1) is 12.7 Å². The van der Waals surface area contributed by atoms with Gasteiger partial charge in [0.1, 0.15) is 0 Å². The summed E-state index contributed by atoms with van der Waals surface area (Å²) in [5.74, 6) is -0.370. The van der Waals surface area contributed by atoms with Gasteiger partial charge < -0.3 is 10.1 Å². The van der Waals surface area contributed by atoms with Crippen molar-refractivity contribution in [1.82, 2.24) is 0 Å². The maximum atomic E-state index is 11.7. The van der Waals surface area contributed by atoms with Gasteiger partial charge in [-0.15, -0.1) is 0 Å². The van der Waals surface area contributed by atoms with E-state index in [4.69, 9.17) is 4.74 Å². The third kappa shape index (κ3) is 2.69. The van der Waals surface area contributed by atoms with Crippen LogP contribution in [0.2, 0.25) is 0 Å². The first-order valence-corrected chi connectivity index (χ1v) is 6.16. The fraction of sp³-hybridized carbons (Fsp3) is 0.125. The highest BCUT2D eigenvalue weighted by molar-refractivity contribution is 5.94. The number of hydrogen-bond donors (Lipinski definition) is 1. The van der Waals surface area contributed by atoms with Crippen molar-refractivity contribution in [2.24, 2.45) is 0 Å². The molecule has 4 heteroatoms. The van der Waals surface area contributed by atoms with Crippen molar-refractivity contribution in [1.29, 1.82) is 0 Å². The summed E-state index contributed by atoms with van der Waals surface area (Å²) < 4.78 is 4.77. The first-order valence-electron chi connectivity index (χ1n) is 6.16. The molecule has 0 aliphatic rings. The summed E-state index contributed by atoms with van der Waals surface area (Å²) >= 11 is 0. The molecule has 0 saturated carbocycles. The van der Waals surface area contributed by atoms with Gasteiger partial charge in [0, 0.05) is 11.3 Å². The number of amides is 1. The molecule has 2 rings (SSSR count). The molecular formula is C16H15NO3. The van der Waals surface area contributed by atoms with Crippen LogP contribution < -0.4 is 5.32 Å². The number of rotatable bonds is 4. The zero-order chi connectivity index (χ0) is 14.5. The number of nitrogens with one attached hydrogen (secondary N) is 1. The summed E-state index contributed by atoms with van der Waals surface area (Å²) in [5, 5.41) is 2.66. The van der Waals surface area contributed by atoms with E-state index in [0.717, 1.165) is 16.7 Å². The molecule has 0 saturated heterocycles. The van der Waals surface area contributed by atoms with Crippen molar-refractivity contribution in [2.75, 3.05) is 12.4 Å². The van der Waals surface area contributed by atoms with Crippen LogP contribution in [0, 0.1) is 6.92 Å². The van der Waals surface area contributed by atoms with Crippen molar-refractivity contribution < 1.29 is 14.3 Å². The summed E-state index contributed by atoms with van der Waals surface area (Å²) in [5.41, 5.74) is 3.76. The second-order valence-electron chi connectivity index (χ2n) is 4.33. The molecule has 2 aromatic rings. The lowest BCUT2D eigenvalue weighted by molar-refractivity contribution is -0.105. The number of carbonyl (C=O) groups excluding carboxylic acids is 2. The van der Waals surface area contributed by atoms with E-state index in [0.29, 0.717) is 17.7 Å². The van der Waals surface area contributed by atoms with E-state index in [9.17, 15) is 9.59 Å². The van der Waals surface area contributed by atoms with Gasteiger partial charge in [-0.05, 0) is 30.2 Å². The molecule has 1 N–H and O–H groups in total. The van der Waals surface area contributed by atoms with Gasteiger partial charge in [0.15, 0.2) is 0 Å². The minimum Gasteiger partial charge on any atom is -0.465 e. The summed E-state index contributed by atoms with van der Waals surface area (Å²) in [4.78, 5) is 22.4. The van der Waals surface area contributed by atoms with Crippen LogP contribution in [0.1, 0.15) is 15.9 Å².